The second-order valence-electron chi connectivity index (χ2n) is 3.83. The molecule has 0 aliphatic rings. The second kappa shape index (κ2) is 5.91. The molecule has 1 unspecified atom stereocenters. The Morgan fingerprint density at radius 2 is 2.11 bits per heavy atom. The molecule has 2 aromatic rings. The van der Waals surface area contributed by atoms with Crippen LogP contribution < -0.4 is 4.74 Å². The second-order valence-corrected chi connectivity index (χ2v) is 3.83. The van der Waals surface area contributed by atoms with Crippen LogP contribution in [0.15, 0.2) is 47.8 Å². The molecule has 0 radical (unpaired) electrons. The van der Waals surface area contributed by atoms with Gasteiger partial charge in [0.2, 0.25) is 0 Å². The Labute approximate surface area is 106 Å². The molecule has 0 amide bonds. The zero-order valence-electron chi connectivity index (χ0n) is 10.4. The zero-order valence-corrected chi connectivity index (χ0v) is 10.4. The van der Waals surface area contributed by atoms with Crippen LogP contribution in [0.3, 0.4) is 0 Å². The highest BCUT2D eigenvalue weighted by molar-refractivity contribution is 5.76. The summed E-state index contributed by atoms with van der Waals surface area (Å²) in [6.07, 6.45) is 4.95. The molecule has 0 aliphatic heterocycles. The van der Waals surface area contributed by atoms with E-state index >= 15 is 0 Å². The Kier molecular flexibility index (Phi) is 4.02. The fraction of sp³-hybridized carbons (Fsp3) is 0.214. The van der Waals surface area contributed by atoms with E-state index in [2.05, 4.69) is 15.0 Å². The van der Waals surface area contributed by atoms with Gasteiger partial charge in [-0.2, -0.15) is 0 Å². The van der Waals surface area contributed by atoms with Crippen molar-refractivity contribution in [2.24, 2.45) is 4.99 Å². The van der Waals surface area contributed by atoms with Gasteiger partial charge in [0.05, 0.1) is 18.8 Å². The number of aliphatic imine (C=N–C) groups is 1. The molecule has 0 aliphatic carbocycles. The van der Waals surface area contributed by atoms with Gasteiger partial charge in [0.25, 0.3) is 0 Å². The minimum Gasteiger partial charge on any atom is -0.496 e. The number of rotatable bonds is 4. The van der Waals surface area contributed by atoms with Crippen LogP contribution >= 0.6 is 0 Å². The van der Waals surface area contributed by atoms with Gasteiger partial charge in [-0.05, 0) is 19.1 Å². The van der Waals surface area contributed by atoms with Gasteiger partial charge in [-0.15, -0.1) is 0 Å². The molecule has 4 nitrogen and oxygen atoms in total. The summed E-state index contributed by atoms with van der Waals surface area (Å²) in [5, 5.41) is 0. The lowest BCUT2D eigenvalue weighted by Gasteiger charge is -2.11. The Hall–Kier alpha value is -2.23. The first-order valence-electron chi connectivity index (χ1n) is 5.73. The number of nitrogens with zero attached hydrogens (tertiary/aromatic N) is 3. The van der Waals surface area contributed by atoms with Crippen LogP contribution in [0.5, 0.6) is 5.75 Å². The third-order valence-electron chi connectivity index (χ3n) is 2.62. The first kappa shape index (κ1) is 12.2. The van der Waals surface area contributed by atoms with Crippen molar-refractivity contribution in [3.8, 4) is 5.75 Å². The van der Waals surface area contributed by atoms with Crippen molar-refractivity contribution in [1.29, 1.82) is 0 Å². The average molecular weight is 241 g/mol. The normalized spacial score (nSPS) is 12.6. The van der Waals surface area contributed by atoms with Gasteiger partial charge < -0.3 is 4.74 Å². The average Bonchev–Trinajstić information content (AvgIpc) is 2.45. The molecule has 4 heteroatoms. The number of benzene rings is 1. The predicted octanol–water partition coefficient (Wildman–Crippen LogP) is 2.67. The van der Waals surface area contributed by atoms with Crippen LogP contribution in [0, 0.1) is 0 Å². The molecule has 0 saturated carbocycles. The Bertz CT molecular complexity index is 526. The molecule has 2 rings (SSSR count). The number of aromatic nitrogens is 2. The molecule has 0 bridgehead atoms. The fourth-order valence-corrected chi connectivity index (χ4v) is 1.66. The van der Waals surface area contributed by atoms with Crippen LogP contribution in [0.25, 0.3) is 0 Å². The number of hydrogen-bond donors (Lipinski definition) is 0. The van der Waals surface area contributed by atoms with Gasteiger partial charge in [-0.25, -0.2) is 9.97 Å². The number of hydrogen-bond acceptors (Lipinski definition) is 4. The van der Waals surface area contributed by atoms with Crippen molar-refractivity contribution in [1.82, 2.24) is 9.97 Å². The maximum absolute atomic E-state index is 5.32. The maximum atomic E-state index is 5.32. The SMILES string of the molecule is COc1ccccc1C(C)N=Cc1ccncn1. The summed E-state index contributed by atoms with van der Waals surface area (Å²) in [6, 6.07) is 9.72. The molecule has 0 N–H and O–H groups in total. The Morgan fingerprint density at radius 3 is 2.83 bits per heavy atom. The number of ether oxygens (including phenoxy) is 1. The van der Waals surface area contributed by atoms with Crippen LogP contribution in [0.1, 0.15) is 24.2 Å². The molecular formula is C14H15N3O. The van der Waals surface area contributed by atoms with E-state index in [0.29, 0.717) is 0 Å². The van der Waals surface area contributed by atoms with Crippen LogP contribution in [-0.2, 0) is 0 Å². The topological polar surface area (TPSA) is 47.4 Å². The van der Waals surface area contributed by atoms with Gasteiger partial charge >= 0.3 is 0 Å². The Balaban J connectivity index is 2.17. The summed E-state index contributed by atoms with van der Waals surface area (Å²) in [7, 11) is 1.67. The van der Waals surface area contributed by atoms with E-state index in [9.17, 15) is 0 Å². The molecule has 1 aromatic carbocycles. The first-order valence-corrected chi connectivity index (χ1v) is 5.73. The van der Waals surface area contributed by atoms with Crippen molar-refractivity contribution in [3.63, 3.8) is 0 Å². The van der Waals surface area contributed by atoms with E-state index < -0.39 is 0 Å². The van der Waals surface area contributed by atoms with Gasteiger partial charge in [0, 0.05) is 18.0 Å². The molecule has 0 spiro atoms. The molecule has 0 saturated heterocycles. The zero-order chi connectivity index (χ0) is 12.8. The summed E-state index contributed by atoms with van der Waals surface area (Å²) in [5.41, 5.74) is 1.86. The molecular weight excluding hydrogens is 226 g/mol. The van der Waals surface area contributed by atoms with Gasteiger partial charge in [0.15, 0.2) is 0 Å². The smallest absolute Gasteiger partial charge is 0.124 e. The highest BCUT2D eigenvalue weighted by atomic mass is 16.5. The lowest BCUT2D eigenvalue weighted by molar-refractivity contribution is 0.407. The van der Waals surface area contributed by atoms with E-state index in [4.69, 9.17) is 4.74 Å². The molecule has 0 fully saturated rings. The lowest BCUT2D eigenvalue weighted by Crippen LogP contribution is -1.96. The van der Waals surface area contributed by atoms with Crippen LogP contribution in [0.2, 0.25) is 0 Å². The molecule has 18 heavy (non-hydrogen) atoms. The Morgan fingerprint density at radius 1 is 1.28 bits per heavy atom. The van der Waals surface area contributed by atoms with E-state index in [-0.39, 0.29) is 6.04 Å². The third kappa shape index (κ3) is 2.91. The number of para-hydroxylation sites is 1. The molecule has 92 valence electrons. The molecule has 1 atom stereocenters. The van der Waals surface area contributed by atoms with E-state index in [0.717, 1.165) is 17.0 Å². The van der Waals surface area contributed by atoms with Gasteiger partial charge in [0.1, 0.15) is 12.1 Å². The summed E-state index contributed by atoms with van der Waals surface area (Å²) in [6.45, 7) is 2.02. The summed E-state index contributed by atoms with van der Waals surface area (Å²) in [5.74, 6) is 0.852. The molecule has 1 aromatic heterocycles. The van der Waals surface area contributed by atoms with Gasteiger partial charge in [-0.3, -0.25) is 4.99 Å². The third-order valence-corrected chi connectivity index (χ3v) is 2.62. The first-order chi connectivity index (χ1) is 8.81. The minimum atomic E-state index is 0.0242. The maximum Gasteiger partial charge on any atom is 0.124 e. The van der Waals surface area contributed by atoms with Crippen molar-refractivity contribution in [3.05, 3.63) is 54.1 Å². The van der Waals surface area contributed by atoms with E-state index in [1.54, 1.807) is 19.5 Å². The fourth-order valence-electron chi connectivity index (χ4n) is 1.66. The van der Waals surface area contributed by atoms with Crippen molar-refractivity contribution in [2.75, 3.05) is 7.11 Å². The van der Waals surface area contributed by atoms with Crippen molar-refractivity contribution >= 4 is 6.21 Å². The highest BCUT2D eigenvalue weighted by Gasteiger charge is 2.08. The summed E-state index contributed by atoms with van der Waals surface area (Å²) < 4.78 is 5.32. The summed E-state index contributed by atoms with van der Waals surface area (Å²) >= 11 is 0. The highest BCUT2D eigenvalue weighted by Crippen LogP contribution is 2.26. The van der Waals surface area contributed by atoms with Crippen LogP contribution in [0.4, 0.5) is 0 Å². The monoisotopic (exact) mass is 241 g/mol. The number of methoxy groups -OCH3 is 1. The van der Waals surface area contributed by atoms with Crippen molar-refractivity contribution in [2.45, 2.75) is 13.0 Å². The lowest BCUT2D eigenvalue weighted by atomic mass is 10.1. The molecule has 1 heterocycles. The largest absolute Gasteiger partial charge is 0.496 e. The predicted molar refractivity (Wildman–Crippen MR) is 71.0 cm³/mol. The standard InChI is InChI=1S/C14H15N3O/c1-11(13-5-3-4-6-14(13)18-2)16-9-12-7-8-15-10-17-12/h3-11H,1-2H3. The minimum absolute atomic E-state index is 0.0242. The summed E-state index contributed by atoms with van der Waals surface area (Å²) in [4.78, 5) is 12.4. The quantitative estimate of drug-likeness (QED) is 0.773. The van der Waals surface area contributed by atoms with Crippen LogP contribution in [-0.4, -0.2) is 23.3 Å². The van der Waals surface area contributed by atoms with E-state index in [1.165, 1.54) is 6.33 Å². The van der Waals surface area contributed by atoms with E-state index in [1.807, 2.05) is 37.3 Å². The van der Waals surface area contributed by atoms with Crippen molar-refractivity contribution < 1.29 is 4.74 Å². The van der Waals surface area contributed by atoms with Gasteiger partial charge in [-0.1, -0.05) is 18.2 Å².